The van der Waals surface area contributed by atoms with E-state index in [-0.39, 0.29) is 14.9 Å². The van der Waals surface area contributed by atoms with Gasteiger partial charge >= 0.3 is 0 Å². The molecule has 4 rings (SSSR count). The van der Waals surface area contributed by atoms with Crippen LogP contribution in [0.3, 0.4) is 0 Å². The van der Waals surface area contributed by atoms with Crippen LogP contribution in [-0.2, 0) is 0 Å². The predicted molar refractivity (Wildman–Crippen MR) is 132 cm³/mol. The van der Waals surface area contributed by atoms with Crippen LogP contribution in [0.15, 0.2) is 83.6 Å². The zero-order chi connectivity index (χ0) is 20.1. The molecule has 0 amide bonds. The Morgan fingerprint density at radius 2 is 0.931 bits per heavy atom. The highest BCUT2D eigenvalue weighted by Crippen LogP contribution is 2.11. The normalized spacial score (nSPS) is 9.10. The average molecular weight is 396 g/mol. The molecule has 0 spiro atoms. The first-order chi connectivity index (χ1) is 12.9. The quantitative estimate of drug-likeness (QED) is 0.296. The van der Waals surface area contributed by atoms with Crippen LogP contribution in [0, 0.1) is 11.8 Å². The van der Waals surface area contributed by atoms with E-state index < -0.39 is 0 Å². The van der Waals surface area contributed by atoms with Crippen LogP contribution >= 0.6 is 0 Å². The SMILES string of the molecule is C.C.CC(C)C.CC(C)C.c1ccc2ccccc2c1.c1ccc2ocnc2c1. The highest BCUT2D eigenvalue weighted by atomic mass is 16.3. The molecule has 0 aliphatic heterocycles. The van der Waals surface area contributed by atoms with Crippen molar-refractivity contribution in [1.82, 2.24) is 4.98 Å². The van der Waals surface area contributed by atoms with Crippen LogP contribution in [0.1, 0.15) is 56.4 Å². The third-order valence-electron chi connectivity index (χ3n) is 2.90. The Morgan fingerprint density at radius 1 is 0.586 bits per heavy atom. The maximum Gasteiger partial charge on any atom is 0.181 e. The number of fused-ring (bicyclic) bond motifs is 2. The van der Waals surface area contributed by atoms with Gasteiger partial charge in [0.25, 0.3) is 0 Å². The van der Waals surface area contributed by atoms with Gasteiger partial charge in [-0.25, -0.2) is 4.98 Å². The highest BCUT2D eigenvalue weighted by Gasteiger charge is 1.91. The van der Waals surface area contributed by atoms with Gasteiger partial charge in [-0.3, -0.25) is 0 Å². The van der Waals surface area contributed by atoms with Gasteiger partial charge in [-0.1, -0.05) is 117 Å². The molecule has 4 aromatic rings. The van der Waals surface area contributed by atoms with Crippen molar-refractivity contribution in [2.24, 2.45) is 11.8 Å². The average Bonchev–Trinajstić information content (AvgIpc) is 3.10. The molecule has 160 valence electrons. The van der Waals surface area contributed by atoms with E-state index in [2.05, 4.69) is 95.1 Å². The van der Waals surface area contributed by atoms with Gasteiger partial charge in [0.05, 0.1) is 0 Å². The summed E-state index contributed by atoms with van der Waals surface area (Å²) in [4.78, 5) is 3.95. The first-order valence-electron chi connectivity index (χ1n) is 9.62. The van der Waals surface area contributed by atoms with Crippen LogP contribution in [0.5, 0.6) is 0 Å². The number of benzene rings is 3. The highest BCUT2D eigenvalue weighted by molar-refractivity contribution is 5.82. The van der Waals surface area contributed by atoms with Crippen molar-refractivity contribution >= 4 is 21.9 Å². The Hall–Kier alpha value is -2.61. The van der Waals surface area contributed by atoms with Crippen molar-refractivity contribution in [3.05, 3.63) is 79.2 Å². The molecule has 1 aromatic heterocycles. The summed E-state index contributed by atoms with van der Waals surface area (Å²) < 4.78 is 5.01. The number of hydrogen-bond acceptors (Lipinski definition) is 2. The number of aromatic nitrogens is 1. The minimum atomic E-state index is 0. The fourth-order valence-corrected chi connectivity index (χ4v) is 1.94. The number of oxazole rings is 1. The Kier molecular flexibility index (Phi) is 16.1. The molecule has 0 N–H and O–H groups in total. The first kappa shape index (κ1) is 28.6. The lowest BCUT2D eigenvalue weighted by molar-refractivity contribution is 0.602. The number of nitrogens with zero attached hydrogens (tertiary/aromatic N) is 1. The largest absolute Gasteiger partial charge is 0.443 e. The second-order valence-corrected chi connectivity index (χ2v) is 7.63. The van der Waals surface area contributed by atoms with Crippen LogP contribution in [0.25, 0.3) is 21.9 Å². The standard InChI is InChI=1S/C10H8.C7H5NO.2C4H10.2CH4/c1-2-6-10-8-4-3-7-9(10)5-1;1-2-4-7-6(3-1)8-5-9-7;2*1-4(2)3;;/h1-8H;1-5H;2*4H,1-3H3;2*1H4. The molecule has 3 aromatic carbocycles. The monoisotopic (exact) mass is 395 g/mol. The van der Waals surface area contributed by atoms with Gasteiger partial charge in [0.15, 0.2) is 12.0 Å². The van der Waals surface area contributed by atoms with Crippen molar-refractivity contribution in [3.8, 4) is 0 Å². The maximum atomic E-state index is 5.01. The fraction of sp³-hybridized carbons (Fsp3) is 0.370. The van der Waals surface area contributed by atoms with Crippen molar-refractivity contribution in [2.45, 2.75) is 56.4 Å². The molecule has 0 atom stereocenters. The van der Waals surface area contributed by atoms with Crippen LogP contribution in [-0.4, -0.2) is 4.98 Å². The van der Waals surface area contributed by atoms with Crippen molar-refractivity contribution in [1.29, 1.82) is 0 Å². The first-order valence-corrected chi connectivity index (χ1v) is 9.62. The molecule has 0 saturated carbocycles. The van der Waals surface area contributed by atoms with E-state index in [0.717, 1.165) is 22.9 Å². The number of hydrogen-bond donors (Lipinski definition) is 0. The second-order valence-electron chi connectivity index (χ2n) is 7.63. The summed E-state index contributed by atoms with van der Waals surface area (Å²) >= 11 is 0. The lowest BCUT2D eigenvalue weighted by Gasteiger charge is -1.92. The molecule has 2 nitrogen and oxygen atoms in total. The van der Waals surface area contributed by atoms with E-state index >= 15 is 0 Å². The molecule has 1 heterocycles. The Bertz CT molecular complexity index is 770. The van der Waals surface area contributed by atoms with Crippen LogP contribution in [0.2, 0.25) is 0 Å². The lowest BCUT2D eigenvalue weighted by Crippen LogP contribution is -1.67. The molecule has 0 aliphatic carbocycles. The minimum absolute atomic E-state index is 0. The van der Waals surface area contributed by atoms with E-state index in [9.17, 15) is 0 Å². The van der Waals surface area contributed by atoms with E-state index in [1.165, 1.54) is 17.2 Å². The van der Waals surface area contributed by atoms with Gasteiger partial charge in [0, 0.05) is 0 Å². The third-order valence-corrected chi connectivity index (χ3v) is 2.90. The molecular formula is C27H41NO. The summed E-state index contributed by atoms with van der Waals surface area (Å²) in [6.07, 6.45) is 1.45. The predicted octanol–water partition coefficient (Wildman–Crippen LogP) is 9.26. The van der Waals surface area contributed by atoms with Crippen molar-refractivity contribution in [3.63, 3.8) is 0 Å². The van der Waals surface area contributed by atoms with Crippen LogP contribution in [0.4, 0.5) is 0 Å². The topological polar surface area (TPSA) is 26.0 Å². The molecule has 2 heteroatoms. The zero-order valence-electron chi connectivity index (χ0n) is 17.5. The van der Waals surface area contributed by atoms with Gasteiger partial charge in [0.1, 0.15) is 5.52 Å². The summed E-state index contributed by atoms with van der Waals surface area (Å²) in [5, 5.41) is 2.62. The third kappa shape index (κ3) is 13.2. The molecular weight excluding hydrogens is 354 g/mol. The minimum Gasteiger partial charge on any atom is -0.443 e. The summed E-state index contributed by atoms with van der Waals surface area (Å²) in [6.45, 7) is 13.0. The van der Waals surface area contributed by atoms with Gasteiger partial charge in [-0.15, -0.1) is 0 Å². The lowest BCUT2D eigenvalue weighted by atomic mass is 10.1. The van der Waals surface area contributed by atoms with E-state index in [1.54, 1.807) is 0 Å². The van der Waals surface area contributed by atoms with Gasteiger partial charge in [-0.05, 0) is 34.7 Å². The Balaban J connectivity index is 0. The van der Waals surface area contributed by atoms with Crippen molar-refractivity contribution in [2.75, 3.05) is 0 Å². The fourth-order valence-electron chi connectivity index (χ4n) is 1.94. The molecule has 0 aliphatic rings. The molecule has 29 heavy (non-hydrogen) atoms. The van der Waals surface area contributed by atoms with E-state index in [1.807, 2.05) is 24.3 Å². The molecule has 0 radical (unpaired) electrons. The number of para-hydroxylation sites is 2. The van der Waals surface area contributed by atoms with Gasteiger partial charge in [-0.2, -0.15) is 0 Å². The van der Waals surface area contributed by atoms with Gasteiger partial charge in [0.2, 0.25) is 0 Å². The maximum absolute atomic E-state index is 5.01. The van der Waals surface area contributed by atoms with E-state index in [0.29, 0.717) is 0 Å². The Labute approximate surface area is 179 Å². The second kappa shape index (κ2) is 16.4. The summed E-state index contributed by atoms with van der Waals surface area (Å²) in [5.74, 6) is 1.67. The molecule has 0 saturated heterocycles. The smallest absolute Gasteiger partial charge is 0.181 e. The molecule has 0 unspecified atom stereocenters. The van der Waals surface area contributed by atoms with Crippen molar-refractivity contribution < 1.29 is 4.42 Å². The summed E-state index contributed by atoms with van der Waals surface area (Å²) in [7, 11) is 0. The van der Waals surface area contributed by atoms with Gasteiger partial charge < -0.3 is 4.42 Å². The van der Waals surface area contributed by atoms with Crippen LogP contribution < -0.4 is 0 Å². The Morgan fingerprint density at radius 3 is 1.31 bits per heavy atom. The zero-order valence-corrected chi connectivity index (χ0v) is 17.5. The summed E-state index contributed by atoms with van der Waals surface area (Å²) in [6, 6.07) is 24.4. The summed E-state index contributed by atoms with van der Waals surface area (Å²) in [5.41, 5.74) is 1.76. The molecule has 0 fully saturated rings. The molecule has 0 bridgehead atoms. The number of rotatable bonds is 0. The van der Waals surface area contributed by atoms with E-state index in [4.69, 9.17) is 4.42 Å².